The van der Waals surface area contributed by atoms with Gasteiger partial charge in [0.15, 0.2) is 0 Å². The van der Waals surface area contributed by atoms with Crippen molar-refractivity contribution in [2.45, 2.75) is 6.42 Å². The molecule has 0 fully saturated rings. The number of hydrogen-bond donors (Lipinski definition) is 0. The normalized spacial score (nSPS) is 13.9. The minimum absolute atomic E-state index is 0.0319. The van der Waals surface area contributed by atoms with Crippen LogP contribution < -0.4 is 0 Å². The Bertz CT molecular complexity index is 530. The molecule has 21 heavy (non-hydrogen) atoms. The first kappa shape index (κ1) is 18.6. The maximum Gasteiger partial charge on any atom is 0.673 e. The first-order valence-electron chi connectivity index (χ1n) is 5.30. The van der Waals surface area contributed by atoms with Crippen molar-refractivity contribution in [3.63, 3.8) is 0 Å². The summed E-state index contributed by atoms with van der Waals surface area (Å²) in [6.07, 6.45) is 2.82. The van der Waals surface area contributed by atoms with Gasteiger partial charge in [-0.3, -0.25) is 0 Å². The molecule has 6 nitrogen and oxygen atoms in total. The number of methoxy groups -OCH3 is 2. The van der Waals surface area contributed by atoms with Crippen molar-refractivity contribution < 1.29 is 41.1 Å². The van der Waals surface area contributed by atoms with E-state index in [1.54, 1.807) is 0 Å². The van der Waals surface area contributed by atoms with Crippen LogP contribution in [0, 0.1) is 0 Å². The molecule has 0 atom stereocenters. The van der Waals surface area contributed by atoms with Crippen LogP contribution in [-0.4, -0.2) is 43.9 Å². The van der Waals surface area contributed by atoms with Crippen molar-refractivity contribution in [2.24, 2.45) is 0 Å². The second kappa shape index (κ2) is 8.00. The lowest BCUT2D eigenvalue weighted by molar-refractivity contribution is -0.139. The first-order valence-corrected chi connectivity index (χ1v) is 5.30. The number of hydrogen-bond acceptors (Lipinski definition) is 4. The van der Waals surface area contributed by atoms with Crippen LogP contribution in [0.15, 0.2) is 23.3 Å². The number of carbonyl (C=O) groups is 2. The lowest BCUT2D eigenvalue weighted by atomic mass is 9.96. The van der Waals surface area contributed by atoms with Gasteiger partial charge in [-0.25, -0.2) is 9.59 Å². The van der Waals surface area contributed by atoms with Gasteiger partial charge in [0.1, 0.15) is 0 Å². The van der Waals surface area contributed by atoms with Gasteiger partial charge in [-0.2, -0.15) is 4.79 Å². The quantitative estimate of drug-likeness (QED) is 0.254. The van der Waals surface area contributed by atoms with Crippen LogP contribution in [-0.2, 0) is 19.1 Å². The zero-order valence-electron chi connectivity index (χ0n) is 11.0. The molecule has 1 rings (SSSR count). The van der Waals surface area contributed by atoms with Gasteiger partial charge in [0, 0.05) is 6.08 Å². The third kappa shape index (κ3) is 7.07. The fourth-order valence-electron chi connectivity index (χ4n) is 1.29. The van der Waals surface area contributed by atoms with Crippen LogP contribution in [0.4, 0.5) is 17.3 Å². The predicted octanol–water partition coefficient (Wildman–Crippen LogP) is 1.56. The van der Waals surface area contributed by atoms with Crippen molar-refractivity contribution in [3.8, 4) is 0 Å². The minimum atomic E-state index is -6.00. The van der Waals surface area contributed by atoms with Crippen LogP contribution in [0.1, 0.15) is 6.42 Å². The molecule has 116 valence electrons. The van der Waals surface area contributed by atoms with Crippen molar-refractivity contribution in [1.82, 2.24) is 0 Å². The molecule has 0 aromatic rings. The molecule has 1 aliphatic carbocycles. The molecule has 0 aromatic heterocycles. The molecule has 11 heteroatoms. The van der Waals surface area contributed by atoms with Gasteiger partial charge in [0.05, 0.1) is 31.8 Å². The molecular formula is C10H10BF4N2O4-. The molecule has 0 heterocycles. The first-order chi connectivity index (χ1) is 9.63. The average Bonchev–Trinajstić information content (AvgIpc) is 2.43. The lowest BCUT2D eigenvalue weighted by Crippen LogP contribution is -2.19. The standard InChI is InChI=1S/C10H10N2O4.BF4/c1-15-9(13)7-4-3-6(12-11)5-8(7)10(14)16-2;2-1(3,4)5/h3-4H,5H2,1-2H3;/q;-1. The zero-order valence-corrected chi connectivity index (χ0v) is 11.0. The molecule has 0 N–H and O–H groups in total. The molecular weight excluding hydrogens is 299 g/mol. The number of esters is 2. The number of nitrogens with zero attached hydrogens (tertiary/aromatic N) is 2. The summed E-state index contributed by atoms with van der Waals surface area (Å²) >= 11 is 0. The highest BCUT2D eigenvalue weighted by Crippen LogP contribution is 2.19. The summed E-state index contributed by atoms with van der Waals surface area (Å²) in [5.74, 6) is -1.28. The minimum Gasteiger partial charge on any atom is -0.466 e. The second-order valence-electron chi connectivity index (χ2n) is 3.47. The van der Waals surface area contributed by atoms with Gasteiger partial charge < -0.3 is 32.3 Å². The molecule has 0 aromatic carbocycles. The van der Waals surface area contributed by atoms with Crippen molar-refractivity contribution in [2.75, 3.05) is 14.2 Å². The molecule has 0 spiro atoms. The van der Waals surface area contributed by atoms with Crippen LogP contribution in [0.25, 0.3) is 5.53 Å². The Balaban J connectivity index is 0.000000690. The van der Waals surface area contributed by atoms with E-state index in [1.165, 1.54) is 26.4 Å². The fourth-order valence-corrected chi connectivity index (χ4v) is 1.29. The van der Waals surface area contributed by atoms with Crippen LogP contribution in [0.5, 0.6) is 0 Å². The van der Waals surface area contributed by atoms with Crippen molar-refractivity contribution >= 4 is 24.9 Å². The Morgan fingerprint density at radius 1 is 1.14 bits per heavy atom. The Kier molecular flexibility index (Phi) is 7.08. The SMILES string of the molecule is COC(=O)C1=C(C(=O)OC)CC(=[N+]=[N-])C=C1.F[B-](F)(F)F. The smallest absolute Gasteiger partial charge is 0.466 e. The summed E-state index contributed by atoms with van der Waals surface area (Å²) in [5.41, 5.74) is 9.09. The van der Waals surface area contributed by atoms with Crippen molar-refractivity contribution in [1.29, 1.82) is 0 Å². The summed E-state index contributed by atoms with van der Waals surface area (Å²) < 4.78 is 48.1. The Morgan fingerprint density at radius 2 is 1.62 bits per heavy atom. The number of carbonyl (C=O) groups excluding carboxylic acids is 2. The molecule has 0 saturated carbocycles. The summed E-state index contributed by atoms with van der Waals surface area (Å²) in [4.78, 5) is 25.7. The van der Waals surface area contributed by atoms with E-state index in [0.717, 1.165) is 0 Å². The topological polar surface area (TPSA) is 89.0 Å². The van der Waals surface area contributed by atoms with Gasteiger partial charge in [-0.15, -0.1) is 0 Å². The molecule has 0 radical (unpaired) electrons. The van der Waals surface area contributed by atoms with Gasteiger partial charge in [0.25, 0.3) is 5.71 Å². The Labute approximate surface area is 116 Å². The number of ether oxygens (including phenoxy) is 2. The van der Waals surface area contributed by atoms with E-state index in [4.69, 9.17) is 5.53 Å². The third-order valence-corrected chi connectivity index (χ3v) is 2.09. The highest BCUT2D eigenvalue weighted by molar-refractivity contribution is 6.50. The lowest BCUT2D eigenvalue weighted by Gasteiger charge is -2.10. The molecule has 0 unspecified atom stereocenters. The molecule has 0 amide bonds. The average molecular weight is 309 g/mol. The summed E-state index contributed by atoms with van der Waals surface area (Å²) in [6.45, 7) is 0. The maximum atomic E-state index is 11.4. The van der Waals surface area contributed by atoms with E-state index >= 15 is 0 Å². The van der Waals surface area contributed by atoms with Gasteiger partial charge in [-0.1, -0.05) is 0 Å². The van der Waals surface area contributed by atoms with Gasteiger partial charge in [0.2, 0.25) is 0 Å². The van der Waals surface area contributed by atoms with Crippen LogP contribution >= 0.6 is 0 Å². The largest absolute Gasteiger partial charge is 0.673 e. The number of halogens is 4. The second-order valence-corrected chi connectivity index (χ2v) is 3.47. The van der Waals surface area contributed by atoms with Gasteiger partial charge in [-0.05, 0) is 6.08 Å². The zero-order chi connectivity index (χ0) is 16.6. The molecule has 0 aliphatic heterocycles. The Hall–Kier alpha value is -2.42. The van der Waals surface area contributed by atoms with Crippen LogP contribution in [0.3, 0.4) is 0 Å². The number of rotatable bonds is 2. The van der Waals surface area contributed by atoms with Crippen molar-refractivity contribution in [3.05, 3.63) is 28.8 Å². The van der Waals surface area contributed by atoms with E-state index in [0.29, 0.717) is 0 Å². The maximum absolute atomic E-state index is 11.4. The van der Waals surface area contributed by atoms with E-state index in [-0.39, 0.29) is 23.3 Å². The van der Waals surface area contributed by atoms with Gasteiger partial charge >= 0.3 is 19.2 Å². The van der Waals surface area contributed by atoms with E-state index in [1.807, 2.05) is 0 Å². The van der Waals surface area contributed by atoms with Crippen LogP contribution in [0.2, 0.25) is 0 Å². The summed E-state index contributed by atoms with van der Waals surface area (Å²) in [6, 6.07) is 0. The monoisotopic (exact) mass is 309 g/mol. The summed E-state index contributed by atoms with van der Waals surface area (Å²) in [7, 11) is -3.58. The molecule has 0 bridgehead atoms. The molecule has 0 saturated heterocycles. The predicted molar refractivity (Wildman–Crippen MR) is 63.6 cm³/mol. The third-order valence-electron chi connectivity index (χ3n) is 2.09. The van der Waals surface area contributed by atoms with E-state index < -0.39 is 19.2 Å². The Morgan fingerprint density at radius 3 is 2.00 bits per heavy atom. The van der Waals surface area contributed by atoms with E-state index in [2.05, 4.69) is 14.3 Å². The van der Waals surface area contributed by atoms with E-state index in [9.17, 15) is 26.9 Å². The fraction of sp³-hybridized carbons (Fsp3) is 0.300. The summed E-state index contributed by atoms with van der Waals surface area (Å²) in [5, 5.41) is 0. The number of allylic oxidation sites excluding steroid dienone is 1. The molecule has 1 aliphatic rings. The highest BCUT2D eigenvalue weighted by Gasteiger charge is 2.27. The highest BCUT2D eigenvalue weighted by atomic mass is 19.5.